The number of nitrogens with one attached hydrogen (secondary N) is 1. The average Bonchev–Trinajstić information content (AvgIpc) is 2.78. The molecule has 0 spiro atoms. The van der Waals surface area contributed by atoms with Gasteiger partial charge in [-0.25, -0.2) is 4.79 Å². The lowest BCUT2D eigenvalue weighted by molar-refractivity contribution is -0.111. The molecular weight excluding hydrogens is 380 g/mol. The summed E-state index contributed by atoms with van der Waals surface area (Å²) in [5.41, 5.74) is 2.76. The van der Waals surface area contributed by atoms with Crippen LogP contribution in [0.2, 0.25) is 0 Å². The van der Waals surface area contributed by atoms with Crippen molar-refractivity contribution in [3.05, 3.63) is 95.8 Å². The fourth-order valence-corrected chi connectivity index (χ4v) is 2.62. The lowest BCUT2D eigenvalue weighted by Gasteiger charge is -2.06. The maximum atomic E-state index is 12.2. The van der Waals surface area contributed by atoms with E-state index in [-0.39, 0.29) is 5.91 Å². The third kappa shape index (κ3) is 6.31. The van der Waals surface area contributed by atoms with Crippen LogP contribution < -0.4 is 10.1 Å². The minimum atomic E-state index is -0.421. The molecule has 0 saturated carbocycles. The van der Waals surface area contributed by atoms with Crippen molar-refractivity contribution >= 4 is 23.6 Å². The fourth-order valence-electron chi connectivity index (χ4n) is 2.62. The molecule has 3 rings (SSSR count). The Kier molecular flexibility index (Phi) is 7.33. The summed E-state index contributed by atoms with van der Waals surface area (Å²) in [7, 11) is 0. The number of anilines is 1. The number of amides is 1. The zero-order valence-corrected chi connectivity index (χ0v) is 16.6. The normalized spacial score (nSPS) is 10.6. The lowest BCUT2D eigenvalue weighted by atomic mass is 10.2. The Morgan fingerprint density at radius 3 is 2.63 bits per heavy atom. The molecule has 30 heavy (non-hydrogen) atoms. The summed E-state index contributed by atoms with van der Waals surface area (Å²) >= 11 is 0. The molecule has 6 nitrogen and oxygen atoms in total. The van der Waals surface area contributed by atoms with Crippen LogP contribution in [0.5, 0.6) is 5.75 Å². The van der Waals surface area contributed by atoms with Crippen LogP contribution >= 0.6 is 0 Å². The van der Waals surface area contributed by atoms with Gasteiger partial charge in [0.1, 0.15) is 12.4 Å². The summed E-state index contributed by atoms with van der Waals surface area (Å²) in [4.78, 5) is 28.0. The highest BCUT2D eigenvalue weighted by molar-refractivity contribution is 6.02. The van der Waals surface area contributed by atoms with Gasteiger partial charge in [0.15, 0.2) is 0 Å². The van der Waals surface area contributed by atoms with Gasteiger partial charge in [0, 0.05) is 29.7 Å². The molecule has 0 aliphatic heterocycles. The Balaban J connectivity index is 1.53. The van der Waals surface area contributed by atoms with Gasteiger partial charge in [-0.05, 0) is 55.0 Å². The van der Waals surface area contributed by atoms with Gasteiger partial charge >= 0.3 is 5.97 Å². The molecular formula is C24H22N2O4. The average molecular weight is 402 g/mol. The molecule has 3 aromatic rings. The molecule has 1 N–H and O–H groups in total. The number of hydrogen-bond acceptors (Lipinski definition) is 5. The predicted octanol–water partition coefficient (Wildman–Crippen LogP) is 4.49. The molecule has 1 aromatic heterocycles. The van der Waals surface area contributed by atoms with Crippen LogP contribution in [0, 0.1) is 0 Å². The Labute approximate surface area is 175 Å². The fraction of sp³-hybridized carbons (Fsp3) is 0.125. The Bertz CT molecular complexity index is 1010. The number of esters is 1. The van der Waals surface area contributed by atoms with Gasteiger partial charge in [-0.15, -0.1) is 0 Å². The minimum Gasteiger partial charge on any atom is -0.489 e. The van der Waals surface area contributed by atoms with E-state index in [4.69, 9.17) is 9.47 Å². The highest BCUT2D eigenvalue weighted by Gasteiger charge is 2.07. The molecule has 0 bridgehead atoms. The second kappa shape index (κ2) is 10.6. The van der Waals surface area contributed by atoms with E-state index in [0.717, 1.165) is 16.9 Å². The molecule has 0 unspecified atom stereocenters. The number of ether oxygens (including phenoxy) is 2. The number of nitrogens with zero attached hydrogens (tertiary/aromatic N) is 1. The van der Waals surface area contributed by atoms with Crippen LogP contribution in [-0.4, -0.2) is 23.5 Å². The number of carbonyl (C=O) groups is 2. The monoisotopic (exact) mass is 402 g/mol. The van der Waals surface area contributed by atoms with E-state index < -0.39 is 5.97 Å². The van der Waals surface area contributed by atoms with Gasteiger partial charge < -0.3 is 14.8 Å². The van der Waals surface area contributed by atoms with Crippen molar-refractivity contribution in [2.24, 2.45) is 0 Å². The van der Waals surface area contributed by atoms with E-state index >= 15 is 0 Å². The van der Waals surface area contributed by atoms with Crippen molar-refractivity contribution in [2.75, 3.05) is 11.9 Å². The van der Waals surface area contributed by atoms with Crippen LogP contribution in [0.1, 0.15) is 28.4 Å². The summed E-state index contributed by atoms with van der Waals surface area (Å²) in [5, 5.41) is 2.74. The highest BCUT2D eigenvalue weighted by atomic mass is 16.5. The number of benzene rings is 2. The van der Waals surface area contributed by atoms with E-state index in [9.17, 15) is 9.59 Å². The molecule has 2 aromatic carbocycles. The molecule has 0 aliphatic carbocycles. The van der Waals surface area contributed by atoms with Crippen molar-refractivity contribution in [1.82, 2.24) is 4.98 Å². The van der Waals surface area contributed by atoms with Crippen molar-refractivity contribution < 1.29 is 19.1 Å². The smallest absolute Gasteiger partial charge is 0.338 e. The van der Waals surface area contributed by atoms with Crippen LogP contribution in [0.4, 0.5) is 5.69 Å². The predicted molar refractivity (Wildman–Crippen MR) is 115 cm³/mol. The number of rotatable bonds is 8. The van der Waals surface area contributed by atoms with Gasteiger partial charge in [0.25, 0.3) is 0 Å². The number of hydrogen-bond donors (Lipinski definition) is 1. The number of carbonyl (C=O) groups excluding carboxylic acids is 2. The zero-order valence-electron chi connectivity index (χ0n) is 16.6. The van der Waals surface area contributed by atoms with Gasteiger partial charge in [-0.2, -0.15) is 0 Å². The molecule has 6 heteroatoms. The van der Waals surface area contributed by atoms with E-state index in [2.05, 4.69) is 10.3 Å². The largest absolute Gasteiger partial charge is 0.489 e. The van der Waals surface area contributed by atoms with Gasteiger partial charge in [-0.3, -0.25) is 9.78 Å². The first-order chi connectivity index (χ1) is 14.6. The lowest BCUT2D eigenvalue weighted by Crippen LogP contribution is -2.09. The topological polar surface area (TPSA) is 77.5 Å². The Hall–Kier alpha value is -3.93. The molecule has 1 amide bonds. The Morgan fingerprint density at radius 1 is 1.07 bits per heavy atom. The van der Waals surface area contributed by atoms with Crippen LogP contribution in [-0.2, 0) is 16.1 Å². The van der Waals surface area contributed by atoms with Crippen molar-refractivity contribution in [1.29, 1.82) is 0 Å². The standard InChI is InChI=1S/C24H22N2O4/c1-2-29-24(28)20-6-3-7-21(15-20)26-23(27)13-10-18-8-11-22(12-9-18)30-17-19-5-4-14-25-16-19/h3-16H,2,17H2,1H3,(H,26,27). The van der Waals surface area contributed by atoms with E-state index in [0.29, 0.717) is 24.5 Å². The summed E-state index contributed by atoms with van der Waals surface area (Å²) in [5.74, 6) is 0.0131. The third-order valence-corrected chi connectivity index (χ3v) is 4.08. The third-order valence-electron chi connectivity index (χ3n) is 4.08. The van der Waals surface area contributed by atoms with E-state index in [1.54, 1.807) is 49.7 Å². The van der Waals surface area contributed by atoms with E-state index in [1.165, 1.54) is 6.08 Å². The van der Waals surface area contributed by atoms with Gasteiger partial charge in [-0.1, -0.05) is 24.3 Å². The van der Waals surface area contributed by atoms with Crippen molar-refractivity contribution in [3.8, 4) is 5.75 Å². The van der Waals surface area contributed by atoms with Crippen molar-refractivity contribution in [3.63, 3.8) is 0 Å². The van der Waals surface area contributed by atoms with Gasteiger partial charge in [0.05, 0.1) is 12.2 Å². The van der Waals surface area contributed by atoms with Crippen LogP contribution in [0.25, 0.3) is 6.08 Å². The number of aromatic nitrogens is 1. The molecule has 152 valence electrons. The summed E-state index contributed by atoms with van der Waals surface area (Å²) in [6.45, 7) is 2.48. The SMILES string of the molecule is CCOC(=O)c1cccc(NC(=O)C=Cc2ccc(OCc3cccnc3)cc2)c1. The first-order valence-electron chi connectivity index (χ1n) is 9.52. The quantitative estimate of drug-likeness (QED) is 0.444. The molecule has 0 aliphatic rings. The first kappa shape index (κ1) is 20.8. The van der Waals surface area contributed by atoms with Crippen molar-refractivity contribution in [2.45, 2.75) is 13.5 Å². The zero-order chi connectivity index (χ0) is 21.2. The maximum absolute atomic E-state index is 12.2. The minimum absolute atomic E-state index is 0.297. The van der Waals surface area contributed by atoms with Crippen LogP contribution in [0.15, 0.2) is 79.1 Å². The second-order valence-corrected chi connectivity index (χ2v) is 6.34. The molecule has 0 fully saturated rings. The maximum Gasteiger partial charge on any atom is 0.338 e. The molecule has 0 atom stereocenters. The van der Waals surface area contributed by atoms with Crippen LogP contribution in [0.3, 0.4) is 0 Å². The van der Waals surface area contributed by atoms with E-state index in [1.807, 2.05) is 36.4 Å². The second-order valence-electron chi connectivity index (χ2n) is 6.34. The molecule has 0 radical (unpaired) electrons. The summed E-state index contributed by atoms with van der Waals surface area (Å²) in [6, 6.07) is 17.9. The molecule has 1 heterocycles. The highest BCUT2D eigenvalue weighted by Crippen LogP contribution is 2.16. The van der Waals surface area contributed by atoms with Gasteiger partial charge in [0.2, 0.25) is 5.91 Å². The molecule has 0 saturated heterocycles. The Morgan fingerprint density at radius 2 is 1.90 bits per heavy atom. The summed E-state index contributed by atoms with van der Waals surface area (Å²) < 4.78 is 10.7. The number of pyridine rings is 1. The summed E-state index contributed by atoms with van der Waals surface area (Å²) in [6.07, 6.45) is 6.62. The first-order valence-corrected chi connectivity index (χ1v) is 9.52.